The van der Waals surface area contributed by atoms with Gasteiger partial charge in [0, 0.05) is 11.0 Å². The van der Waals surface area contributed by atoms with Gasteiger partial charge in [0.25, 0.3) is 0 Å². The summed E-state index contributed by atoms with van der Waals surface area (Å²) in [5, 5.41) is 2.82. The molecule has 1 amide bonds. The molecule has 2 saturated heterocycles. The molecule has 0 aromatic heterocycles. The van der Waals surface area contributed by atoms with E-state index in [2.05, 4.69) is 45.3 Å². The van der Waals surface area contributed by atoms with Gasteiger partial charge in [-0.2, -0.15) is 4.21 Å². The van der Waals surface area contributed by atoms with Crippen molar-refractivity contribution in [2.75, 3.05) is 13.2 Å². The molecular formula is C23H33NO5S. The minimum absolute atomic E-state index is 0.0422. The van der Waals surface area contributed by atoms with E-state index in [0.29, 0.717) is 37.2 Å². The zero-order valence-corrected chi connectivity index (χ0v) is 19.0. The van der Waals surface area contributed by atoms with Crippen LogP contribution in [0.5, 0.6) is 0 Å². The second-order valence-corrected chi connectivity index (χ2v) is 10.8. The van der Waals surface area contributed by atoms with Crippen LogP contribution in [-0.2, 0) is 29.3 Å². The van der Waals surface area contributed by atoms with E-state index in [1.54, 1.807) is 0 Å². The number of allylic oxidation sites excluding steroid dienone is 2. The van der Waals surface area contributed by atoms with E-state index in [1.165, 1.54) is 5.57 Å². The number of carbonyl (C=O) groups excluding carboxylic acids is 1. The smallest absolute Gasteiger partial charge is 0.305 e. The zero-order valence-electron chi connectivity index (χ0n) is 18.2. The van der Waals surface area contributed by atoms with Crippen molar-refractivity contribution in [2.45, 2.75) is 64.5 Å². The quantitative estimate of drug-likeness (QED) is 0.538. The number of rotatable bonds is 4. The molecule has 0 radical (unpaired) electrons. The lowest BCUT2D eigenvalue weighted by molar-refractivity contribution is -0.202. The molecule has 6 nitrogen and oxygen atoms in total. The molecule has 0 aromatic rings. The Morgan fingerprint density at radius 3 is 2.77 bits per heavy atom. The average Bonchev–Trinajstić information content (AvgIpc) is 3.03. The molecule has 2 aliphatic carbocycles. The van der Waals surface area contributed by atoms with Crippen molar-refractivity contribution in [1.82, 2.24) is 5.32 Å². The van der Waals surface area contributed by atoms with Crippen LogP contribution in [0.1, 0.15) is 52.9 Å². The first-order chi connectivity index (χ1) is 14.1. The predicted molar refractivity (Wildman–Crippen MR) is 115 cm³/mol. The van der Waals surface area contributed by atoms with Gasteiger partial charge in [-0.15, -0.1) is 0 Å². The van der Waals surface area contributed by atoms with Crippen LogP contribution in [0.25, 0.3) is 0 Å². The fourth-order valence-electron chi connectivity index (χ4n) is 6.54. The molecule has 7 atom stereocenters. The molecule has 4 fully saturated rings. The summed E-state index contributed by atoms with van der Waals surface area (Å²) in [4.78, 5) is 10.9. The molecule has 30 heavy (non-hydrogen) atoms. The molecule has 2 aliphatic heterocycles. The van der Waals surface area contributed by atoms with Crippen LogP contribution in [0, 0.1) is 22.7 Å². The van der Waals surface area contributed by atoms with Gasteiger partial charge in [-0.1, -0.05) is 38.7 Å². The van der Waals surface area contributed by atoms with E-state index < -0.39 is 17.0 Å². The van der Waals surface area contributed by atoms with Crippen LogP contribution in [0.15, 0.2) is 36.1 Å². The Balaban J connectivity index is 1.63. The van der Waals surface area contributed by atoms with Gasteiger partial charge in [-0.05, 0) is 56.3 Å². The van der Waals surface area contributed by atoms with E-state index in [9.17, 15) is 9.00 Å². The maximum absolute atomic E-state index is 12.0. The lowest BCUT2D eigenvalue weighted by Gasteiger charge is -2.64. The van der Waals surface area contributed by atoms with Crippen molar-refractivity contribution in [2.24, 2.45) is 22.7 Å². The Bertz CT molecular complexity index is 824. The largest absolute Gasteiger partial charge is 0.491 e. The zero-order chi connectivity index (χ0) is 21.7. The molecule has 0 bridgehead atoms. The van der Waals surface area contributed by atoms with Gasteiger partial charge in [0.1, 0.15) is 12.4 Å². The van der Waals surface area contributed by atoms with Crippen LogP contribution in [0.2, 0.25) is 0 Å². The Hall–Kier alpha value is -1.44. The summed E-state index contributed by atoms with van der Waals surface area (Å²) in [5.74, 6) is 1.32. The third-order valence-corrected chi connectivity index (χ3v) is 9.44. The molecule has 0 spiro atoms. The van der Waals surface area contributed by atoms with E-state index in [4.69, 9.17) is 13.1 Å². The summed E-state index contributed by atoms with van der Waals surface area (Å²) in [6.45, 7) is 16.0. The maximum atomic E-state index is 12.0. The summed E-state index contributed by atoms with van der Waals surface area (Å²) in [7, 11) is 0. The summed E-state index contributed by atoms with van der Waals surface area (Å²) >= 11 is -1.67. The monoisotopic (exact) mass is 435 g/mol. The predicted octanol–water partition coefficient (Wildman–Crippen LogP) is 3.73. The number of ether oxygens (including phenoxy) is 1. The van der Waals surface area contributed by atoms with Gasteiger partial charge < -0.3 is 10.1 Å². The second-order valence-electron chi connectivity index (χ2n) is 9.97. The maximum Gasteiger partial charge on any atom is 0.305 e. The average molecular weight is 436 g/mol. The van der Waals surface area contributed by atoms with Crippen LogP contribution < -0.4 is 5.32 Å². The van der Waals surface area contributed by atoms with Crippen molar-refractivity contribution in [3.05, 3.63) is 36.1 Å². The Morgan fingerprint density at radius 1 is 1.27 bits per heavy atom. The minimum atomic E-state index is -1.67. The first-order valence-corrected chi connectivity index (χ1v) is 11.8. The Labute approximate surface area is 182 Å². The molecular weight excluding hydrogens is 402 g/mol. The number of amides is 1. The van der Waals surface area contributed by atoms with Crippen molar-refractivity contribution in [3.63, 3.8) is 0 Å². The van der Waals surface area contributed by atoms with Crippen LogP contribution in [0.4, 0.5) is 0 Å². The van der Waals surface area contributed by atoms with Gasteiger partial charge in [-0.3, -0.25) is 13.2 Å². The van der Waals surface area contributed by atoms with Crippen molar-refractivity contribution < 1.29 is 22.1 Å². The molecule has 7 heteroatoms. The Kier molecular flexibility index (Phi) is 5.52. The molecule has 1 N–H and O–H groups in total. The van der Waals surface area contributed by atoms with Crippen LogP contribution in [0.3, 0.4) is 0 Å². The SMILES string of the molecule is C=C1OCC(NC=O)/C1=C\C[C@@H]1C(=C)CC[C@H]2[C@@]1(C)CC[C@@]1(C)OS(=O)OC[C@@]21C. The summed E-state index contributed by atoms with van der Waals surface area (Å²) in [5.41, 5.74) is 1.63. The molecule has 2 unspecified atom stereocenters. The van der Waals surface area contributed by atoms with E-state index in [-0.39, 0.29) is 16.9 Å². The highest BCUT2D eigenvalue weighted by atomic mass is 32.2. The highest BCUT2D eigenvalue weighted by Crippen LogP contribution is 2.66. The lowest BCUT2D eigenvalue weighted by atomic mass is 9.43. The Morgan fingerprint density at radius 2 is 2.03 bits per heavy atom. The first-order valence-electron chi connectivity index (χ1n) is 10.8. The number of hydrogen-bond acceptors (Lipinski definition) is 5. The summed E-state index contributed by atoms with van der Waals surface area (Å²) in [6, 6.07) is -0.141. The van der Waals surface area contributed by atoms with Crippen LogP contribution in [-0.4, -0.2) is 35.5 Å². The van der Waals surface area contributed by atoms with Gasteiger partial charge >= 0.3 is 11.4 Å². The fraction of sp³-hybridized carbons (Fsp3) is 0.696. The number of hydrogen-bond donors (Lipinski definition) is 1. The van der Waals surface area contributed by atoms with Crippen molar-refractivity contribution in [1.29, 1.82) is 0 Å². The molecule has 2 saturated carbocycles. The molecule has 4 aliphatic rings. The fourth-order valence-corrected chi connectivity index (χ4v) is 7.51. The van der Waals surface area contributed by atoms with E-state index >= 15 is 0 Å². The lowest BCUT2D eigenvalue weighted by Crippen LogP contribution is -2.65. The third kappa shape index (κ3) is 3.21. The van der Waals surface area contributed by atoms with Gasteiger partial charge in [0.2, 0.25) is 6.41 Å². The molecule has 2 heterocycles. The standard InChI is InChI=1S/C23H33NO5S/c1-15-6-9-20-21(3,10-11-23(5)22(20,4)13-28-30(26)29-23)18(15)8-7-17-16(2)27-12-19(17)24-14-25/h7,14,18-20H,1-2,6,8-13H2,3-5H3,(H,24,25)/b17-7-/t18-,19?,20+,21+,22+,23-,30?/m1/s1. The second kappa shape index (κ2) is 7.61. The third-order valence-electron chi connectivity index (χ3n) is 8.63. The molecule has 4 rings (SSSR count). The number of carbonyl (C=O) groups is 1. The van der Waals surface area contributed by atoms with Crippen LogP contribution >= 0.6 is 0 Å². The first kappa shape index (κ1) is 21.8. The van der Waals surface area contributed by atoms with Gasteiger partial charge in [0.15, 0.2) is 0 Å². The summed E-state index contributed by atoms with van der Waals surface area (Å²) in [6.07, 6.45) is 7.57. The van der Waals surface area contributed by atoms with E-state index in [1.807, 2.05) is 0 Å². The van der Waals surface area contributed by atoms with Gasteiger partial charge in [0.05, 0.1) is 18.2 Å². The summed E-state index contributed by atoms with van der Waals surface area (Å²) < 4.78 is 28.9. The highest BCUT2D eigenvalue weighted by Gasteiger charge is 2.65. The normalized spacial score (nSPS) is 47.4. The minimum Gasteiger partial charge on any atom is -0.491 e. The topological polar surface area (TPSA) is 73.9 Å². The highest BCUT2D eigenvalue weighted by molar-refractivity contribution is 7.75. The van der Waals surface area contributed by atoms with Gasteiger partial charge in [-0.25, -0.2) is 0 Å². The molecule has 0 aromatic carbocycles. The number of nitrogens with one attached hydrogen (secondary N) is 1. The number of fused-ring (bicyclic) bond motifs is 3. The van der Waals surface area contributed by atoms with Crippen molar-refractivity contribution in [3.8, 4) is 0 Å². The van der Waals surface area contributed by atoms with E-state index in [0.717, 1.165) is 37.7 Å². The molecule has 166 valence electrons. The van der Waals surface area contributed by atoms with Crippen molar-refractivity contribution >= 4 is 17.8 Å².